The number of pyridine rings is 1. The van der Waals surface area contributed by atoms with Crippen molar-refractivity contribution in [2.45, 2.75) is 19.4 Å². The number of amides is 1. The molecule has 5 nitrogen and oxygen atoms in total. The molecule has 1 aliphatic heterocycles. The Balaban J connectivity index is 2.05. The Hall–Kier alpha value is -2.40. The van der Waals surface area contributed by atoms with Gasteiger partial charge in [0.1, 0.15) is 11.9 Å². The fourth-order valence-electron chi connectivity index (χ4n) is 2.61. The largest absolute Gasteiger partial charge is 0.488 e. The van der Waals surface area contributed by atoms with E-state index < -0.39 is 5.91 Å². The summed E-state index contributed by atoms with van der Waals surface area (Å²) in [6.45, 7) is 2.53. The molecule has 3 rings (SSSR count). The average Bonchev–Trinajstić information content (AvgIpc) is 2.89. The highest BCUT2D eigenvalue weighted by Gasteiger charge is 2.25. The van der Waals surface area contributed by atoms with Gasteiger partial charge in [0.25, 0.3) is 0 Å². The van der Waals surface area contributed by atoms with Gasteiger partial charge in [-0.3, -0.25) is 9.78 Å². The molecule has 0 unspecified atom stereocenters. The van der Waals surface area contributed by atoms with E-state index in [1.54, 1.807) is 12.1 Å². The van der Waals surface area contributed by atoms with Crippen LogP contribution >= 0.6 is 0 Å². The molecular formula is C16H17N3O2. The summed E-state index contributed by atoms with van der Waals surface area (Å²) in [6, 6.07) is 7.61. The monoisotopic (exact) mass is 283 g/mol. The molecule has 0 saturated carbocycles. The van der Waals surface area contributed by atoms with Crippen LogP contribution in [0.1, 0.15) is 21.5 Å². The van der Waals surface area contributed by atoms with Crippen LogP contribution in [-0.4, -0.2) is 23.5 Å². The number of nitrogens with two attached hydrogens (primary N) is 2. The van der Waals surface area contributed by atoms with Crippen molar-refractivity contribution in [2.75, 3.05) is 6.54 Å². The van der Waals surface area contributed by atoms with E-state index in [0.717, 1.165) is 34.6 Å². The fraction of sp³-hybridized carbons (Fsp3) is 0.250. The van der Waals surface area contributed by atoms with Crippen molar-refractivity contribution >= 4 is 5.91 Å². The predicted octanol–water partition coefficient (Wildman–Crippen LogP) is 1.42. The summed E-state index contributed by atoms with van der Waals surface area (Å²) in [5.74, 6) is 0.360. The first kappa shape index (κ1) is 13.6. The molecule has 1 atom stereocenters. The third kappa shape index (κ3) is 2.48. The van der Waals surface area contributed by atoms with Crippen LogP contribution in [0.25, 0.3) is 11.3 Å². The van der Waals surface area contributed by atoms with Gasteiger partial charge in [-0.25, -0.2) is 0 Å². The third-order valence-electron chi connectivity index (χ3n) is 3.63. The lowest BCUT2D eigenvalue weighted by atomic mass is 10.0. The van der Waals surface area contributed by atoms with E-state index in [1.165, 1.54) is 6.20 Å². The predicted molar refractivity (Wildman–Crippen MR) is 80.1 cm³/mol. The third-order valence-corrected chi connectivity index (χ3v) is 3.63. The van der Waals surface area contributed by atoms with Gasteiger partial charge in [-0.15, -0.1) is 0 Å². The molecule has 108 valence electrons. The zero-order chi connectivity index (χ0) is 15.0. The highest BCUT2D eigenvalue weighted by molar-refractivity contribution is 5.92. The molecule has 0 fully saturated rings. The zero-order valence-electron chi connectivity index (χ0n) is 11.8. The number of benzene rings is 1. The number of rotatable bonds is 3. The molecule has 1 amide bonds. The molecule has 2 heterocycles. The van der Waals surface area contributed by atoms with Gasteiger partial charge in [0.15, 0.2) is 0 Å². The Labute approximate surface area is 122 Å². The van der Waals surface area contributed by atoms with Crippen molar-refractivity contribution in [3.05, 3.63) is 47.2 Å². The van der Waals surface area contributed by atoms with Crippen LogP contribution in [0.3, 0.4) is 0 Å². The van der Waals surface area contributed by atoms with Gasteiger partial charge >= 0.3 is 0 Å². The molecule has 5 heteroatoms. The van der Waals surface area contributed by atoms with Crippen molar-refractivity contribution in [3.63, 3.8) is 0 Å². The van der Waals surface area contributed by atoms with Crippen LogP contribution in [-0.2, 0) is 6.42 Å². The number of carbonyl (C=O) groups excluding carboxylic acids is 1. The summed E-state index contributed by atoms with van der Waals surface area (Å²) in [4.78, 5) is 15.4. The number of primary amides is 1. The second-order valence-electron chi connectivity index (χ2n) is 5.28. The molecule has 4 N–H and O–H groups in total. The number of fused-ring (bicyclic) bond motifs is 1. The quantitative estimate of drug-likeness (QED) is 0.891. The summed E-state index contributed by atoms with van der Waals surface area (Å²) in [5, 5.41) is 0. The Morgan fingerprint density at radius 1 is 1.43 bits per heavy atom. The van der Waals surface area contributed by atoms with E-state index in [1.807, 2.05) is 13.0 Å². The van der Waals surface area contributed by atoms with Gasteiger partial charge in [-0.2, -0.15) is 0 Å². The smallest absolute Gasteiger partial charge is 0.250 e. The molecule has 0 radical (unpaired) electrons. The molecule has 0 aliphatic carbocycles. The number of aromatic nitrogens is 1. The Bertz CT molecular complexity index is 695. The topological polar surface area (TPSA) is 91.2 Å². The number of aryl methyl sites for hydroxylation is 1. The van der Waals surface area contributed by atoms with Crippen LogP contribution in [0, 0.1) is 6.92 Å². The lowest BCUT2D eigenvalue weighted by Gasteiger charge is -2.11. The van der Waals surface area contributed by atoms with Gasteiger partial charge < -0.3 is 16.2 Å². The first-order valence-electron chi connectivity index (χ1n) is 6.85. The lowest BCUT2D eigenvalue weighted by Crippen LogP contribution is -2.24. The van der Waals surface area contributed by atoms with Gasteiger partial charge in [0, 0.05) is 24.7 Å². The Kier molecular flexibility index (Phi) is 3.35. The summed E-state index contributed by atoms with van der Waals surface area (Å²) >= 11 is 0. The van der Waals surface area contributed by atoms with Crippen molar-refractivity contribution < 1.29 is 9.53 Å². The summed E-state index contributed by atoms with van der Waals surface area (Å²) in [6.07, 6.45) is 2.33. The van der Waals surface area contributed by atoms with Crippen LogP contribution in [0.4, 0.5) is 0 Å². The zero-order valence-corrected chi connectivity index (χ0v) is 11.8. The minimum Gasteiger partial charge on any atom is -0.488 e. The molecule has 1 aromatic heterocycles. The van der Waals surface area contributed by atoms with Crippen molar-refractivity contribution in [2.24, 2.45) is 11.5 Å². The lowest BCUT2D eigenvalue weighted by molar-refractivity contribution is 0.1000. The molecule has 0 saturated heterocycles. The van der Waals surface area contributed by atoms with E-state index in [2.05, 4.69) is 11.1 Å². The van der Waals surface area contributed by atoms with E-state index in [0.29, 0.717) is 12.1 Å². The van der Waals surface area contributed by atoms with E-state index in [9.17, 15) is 4.79 Å². The maximum absolute atomic E-state index is 11.1. The standard InChI is InChI=1S/C16H17N3O2/c1-9-4-11-6-12(7-17)21-15(11)13(5-9)14-3-2-10(8-19-14)16(18)20/h2-5,8,12H,6-7,17H2,1H3,(H2,18,20)/t12-/m0/s1. The van der Waals surface area contributed by atoms with E-state index >= 15 is 0 Å². The maximum Gasteiger partial charge on any atom is 0.250 e. The fourth-order valence-corrected chi connectivity index (χ4v) is 2.61. The summed E-state index contributed by atoms with van der Waals surface area (Å²) in [5.41, 5.74) is 15.3. The second-order valence-corrected chi connectivity index (χ2v) is 5.28. The number of hydrogen-bond acceptors (Lipinski definition) is 4. The molecule has 1 aromatic carbocycles. The molecular weight excluding hydrogens is 266 g/mol. The van der Waals surface area contributed by atoms with E-state index in [4.69, 9.17) is 16.2 Å². The molecule has 2 aromatic rings. The van der Waals surface area contributed by atoms with E-state index in [-0.39, 0.29) is 6.10 Å². The van der Waals surface area contributed by atoms with Crippen LogP contribution in [0.5, 0.6) is 5.75 Å². The highest BCUT2D eigenvalue weighted by Crippen LogP contribution is 2.38. The van der Waals surface area contributed by atoms with Gasteiger partial charge in [-0.1, -0.05) is 6.07 Å². The Morgan fingerprint density at radius 2 is 2.24 bits per heavy atom. The normalized spacial score (nSPS) is 16.4. The van der Waals surface area contributed by atoms with Gasteiger partial charge in [0.05, 0.1) is 11.3 Å². The van der Waals surface area contributed by atoms with Crippen molar-refractivity contribution in [1.29, 1.82) is 0 Å². The molecule has 0 bridgehead atoms. The molecule has 0 spiro atoms. The SMILES string of the molecule is Cc1cc2c(c(-c3ccc(C(N)=O)cn3)c1)O[C@H](CN)C2. The van der Waals surface area contributed by atoms with Gasteiger partial charge in [-0.05, 0) is 36.2 Å². The van der Waals surface area contributed by atoms with Crippen molar-refractivity contribution in [1.82, 2.24) is 4.98 Å². The summed E-state index contributed by atoms with van der Waals surface area (Å²) < 4.78 is 5.92. The number of hydrogen-bond donors (Lipinski definition) is 2. The minimum atomic E-state index is -0.483. The first-order valence-corrected chi connectivity index (χ1v) is 6.85. The molecule has 21 heavy (non-hydrogen) atoms. The first-order chi connectivity index (χ1) is 10.1. The van der Waals surface area contributed by atoms with Crippen molar-refractivity contribution in [3.8, 4) is 17.0 Å². The van der Waals surface area contributed by atoms with Crippen LogP contribution in [0.2, 0.25) is 0 Å². The van der Waals surface area contributed by atoms with Crippen LogP contribution < -0.4 is 16.2 Å². The minimum absolute atomic E-state index is 0.0189. The molecule has 1 aliphatic rings. The van der Waals surface area contributed by atoms with Crippen LogP contribution in [0.15, 0.2) is 30.5 Å². The van der Waals surface area contributed by atoms with Gasteiger partial charge in [0.2, 0.25) is 5.91 Å². The highest BCUT2D eigenvalue weighted by atomic mass is 16.5. The Morgan fingerprint density at radius 3 is 2.86 bits per heavy atom. The second kappa shape index (κ2) is 5.18. The average molecular weight is 283 g/mol. The summed E-state index contributed by atoms with van der Waals surface area (Å²) in [7, 11) is 0. The number of carbonyl (C=O) groups is 1. The number of ether oxygens (including phenoxy) is 1. The number of nitrogens with zero attached hydrogens (tertiary/aromatic N) is 1. The maximum atomic E-state index is 11.1.